The van der Waals surface area contributed by atoms with Gasteiger partial charge in [0.2, 0.25) is 0 Å². The number of hydrogen-bond acceptors (Lipinski definition) is 2. The average molecular weight is 320 g/mol. The molecule has 3 aromatic rings. The summed E-state index contributed by atoms with van der Waals surface area (Å²) in [6, 6.07) is 19.7. The molecule has 1 atom stereocenters. The van der Waals surface area contributed by atoms with Crippen LogP contribution in [-0.4, -0.2) is 11.5 Å². The highest BCUT2D eigenvalue weighted by atomic mass is 19.1. The molecule has 1 heterocycles. The lowest BCUT2D eigenvalue weighted by atomic mass is 10.0. The van der Waals surface area contributed by atoms with Crippen LogP contribution in [0, 0.1) is 5.82 Å². The molecule has 3 heteroatoms. The SMILES string of the molecule is CC(NCCc1ccccc1F)c1ccc(-c2ccncc2)cc1. The number of halogens is 1. The first-order valence-electron chi connectivity index (χ1n) is 8.21. The molecule has 0 amide bonds. The fourth-order valence-corrected chi connectivity index (χ4v) is 2.75. The first-order chi connectivity index (χ1) is 11.7. The van der Waals surface area contributed by atoms with E-state index in [9.17, 15) is 4.39 Å². The highest BCUT2D eigenvalue weighted by Gasteiger charge is 2.06. The summed E-state index contributed by atoms with van der Waals surface area (Å²) in [4.78, 5) is 4.04. The molecular formula is C21H21FN2. The number of benzene rings is 2. The standard InChI is InChI=1S/C21H21FN2/c1-16(24-15-12-20-4-2-3-5-21(20)22)17-6-8-18(9-7-17)19-10-13-23-14-11-19/h2-11,13-14,16,24H,12,15H2,1H3. The molecule has 0 saturated heterocycles. The summed E-state index contributed by atoms with van der Waals surface area (Å²) in [5, 5.41) is 3.46. The van der Waals surface area contributed by atoms with Crippen molar-refractivity contribution in [3.63, 3.8) is 0 Å². The van der Waals surface area contributed by atoms with Crippen LogP contribution in [0.4, 0.5) is 4.39 Å². The van der Waals surface area contributed by atoms with Crippen LogP contribution in [0.3, 0.4) is 0 Å². The minimum atomic E-state index is -0.131. The fourth-order valence-electron chi connectivity index (χ4n) is 2.75. The number of rotatable bonds is 6. The molecule has 24 heavy (non-hydrogen) atoms. The van der Waals surface area contributed by atoms with E-state index in [1.807, 2.05) is 24.3 Å². The van der Waals surface area contributed by atoms with Crippen LogP contribution >= 0.6 is 0 Å². The van der Waals surface area contributed by atoms with Gasteiger partial charge in [-0.05, 0) is 60.3 Å². The molecule has 0 spiro atoms. The predicted molar refractivity (Wildman–Crippen MR) is 96.2 cm³/mol. The van der Waals surface area contributed by atoms with Crippen molar-refractivity contribution < 1.29 is 4.39 Å². The summed E-state index contributed by atoms with van der Waals surface area (Å²) in [7, 11) is 0. The van der Waals surface area contributed by atoms with E-state index >= 15 is 0 Å². The zero-order valence-electron chi connectivity index (χ0n) is 13.7. The number of nitrogens with zero attached hydrogens (tertiary/aromatic N) is 1. The van der Waals surface area contributed by atoms with E-state index in [1.165, 1.54) is 17.2 Å². The Balaban J connectivity index is 1.57. The normalized spacial score (nSPS) is 12.1. The molecule has 122 valence electrons. The van der Waals surface area contributed by atoms with E-state index in [2.05, 4.69) is 41.5 Å². The van der Waals surface area contributed by atoms with Gasteiger partial charge in [0.25, 0.3) is 0 Å². The van der Waals surface area contributed by atoms with Crippen molar-refractivity contribution in [1.29, 1.82) is 0 Å². The smallest absolute Gasteiger partial charge is 0.126 e. The monoisotopic (exact) mass is 320 g/mol. The van der Waals surface area contributed by atoms with Crippen molar-refractivity contribution in [2.45, 2.75) is 19.4 Å². The zero-order valence-corrected chi connectivity index (χ0v) is 13.7. The maximum Gasteiger partial charge on any atom is 0.126 e. The molecule has 0 aliphatic rings. The minimum absolute atomic E-state index is 0.131. The first kappa shape index (κ1) is 16.3. The maximum atomic E-state index is 13.6. The second-order valence-electron chi connectivity index (χ2n) is 5.88. The Kier molecular flexibility index (Phi) is 5.34. The highest BCUT2D eigenvalue weighted by Crippen LogP contribution is 2.21. The molecule has 2 aromatic carbocycles. The van der Waals surface area contributed by atoms with Gasteiger partial charge in [0, 0.05) is 18.4 Å². The summed E-state index contributed by atoms with van der Waals surface area (Å²) in [5.74, 6) is -0.131. The van der Waals surface area contributed by atoms with Crippen LogP contribution in [0.1, 0.15) is 24.1 Å². The summed E-state index contributed by atoms with van der Waals surface area (Å²) in [5.41, 5.74) is 4.32. The zero-order chi connectivity index (χ0) is 16.8. The number of aromatic nitrogens is 1. The second-order valence-corrected chi connectivity index (χ2v) is 5.88. The molecule has 0 fully saturated rings. The molecule has 0 bridgehead atoms. The molecule has 1 unspecified atom stereocenters. The Bertz CT molecular complexity index is 769. The molecule has 1 aromatic heterocycles. The van der Waals surface area contributed by atoms with Gasteiger partial charge in [-0.15, -0.1) is 0 Å². The van der Waals surface area contributed by atoms with Crippen LogP contribution in [0.5, 0.6) is 0 Å². The molecular weight excluding hydrogens is 299 g/mol. The van der Waals surface area contributed by atoms with Crippen LogP contribution in [-0.2, 0) is 6.42 Å². The summed E-state index contributed by atoms with van der Waals surface area (Å²) >= 11 is 0. The highest BCUT2D eigenvalue weighted by molar-refractivity contribution is 5.62. The number of hydrogen-bond donors (Lipinski definition) is 1. The van der Waals surface area contributed by atoms with Gasteiger partial charge in [0.05, 0.1) is 0 Å². The van der Waals surface area contributed by atoms with E-state index in [4.69, 9.17) is 0 Å². The Labute approximate surface area is 142 Å². The van der Waals surface area contributed by atoms with Gasteiger partial charge in [-0.3, -0.25) is 4.98 Å². The fraction of sp³-hybridized carbons (Fsp3) is 0.190. The number of nitrogens with one attached hydrogen (secondary N) is 1. The van der Waals surface area contributed by atoms with Gasteiger partial charge >= 0.3 is 0 Å². The van der Waals surface area contributed by atoms with Crippen molar-refractivity contribution in [2.75, 3.05) is 6.54 Å². The molecule has 0 radical (unpaired) electrons. The third kappa shape index (κ3) is 4.06. The lowest BCUT2D eigenvalue weighted by molar-refractivity contribution is 0.559. The molecule has 0 aliphatic carbocycles. The molecule has 0 saturated carbocycles. The average Bonchev–Trinajstić information content (AvgIpc) is 2.64. The van der Waals surface area contributed by atoms with Crippen molar-refractivity contribution in [1.82, 2.24) is 10.3 Å². The predicted octanol–water partition coefficient (Wildman–Crippen LogP) is 4.78. The third-order valence-corrected chi connectivity index (χ3v) is 4.23. The minimum Gasteiger partial charge on any atom is -0.310 e. The molecule has 3 rings (SSSR count). The van der Waals surface area contributed by atoms with Crippen molar-refractivity contribution >= 4 is 0 Å². The van der Waals surface area contributed by atoms with Gasteiger partial charge in [0.15, 0.2) is 0 Å². The van der Waals surface area contributed by atoms with E-state index in [-0.39, 0.29) is 11.9 Å². The molecule has 2 nitrogen and oxygen atoms in total. The van der Waals surface area contributed by atoms with Crippen LogP contribution < -0.4 is 5.32 Å². The van der Waals surface area contributed by atoms with Gasteiger partial charge < -0.3 is 5.32 Å². The quantitative estimate of drug-likeness (QED) is 0.707. The van der Waals surface area contributed by atoms with E-state index in [0.717, 1.165) is 17.7 Å². The lowest BCUT2D eigenvalue weighted by Gasteiger charge is -2.15. The largest absolute Gasteiger partial charge is 0.310 e. The molecule has 0 aliphatic heterocycles. The summed E-state index contributed by atoms with van der Waals surface area (Å²) in [6.45, 7) is 2.87. The van der Waals surface area contributed by atoms with Gasteiger partial charge in [-0.1, -0.05) is 42.5 Å². The maximum absolute atomic E-state index is 13.6. The Morgan fingerprint density at radius 2 is 1.58 bits per heavy atom. The van der Waals surface area contributed by atoms with Crippen molar-refractivity contribution in [3.05, 3.63) is 90.0 Å². The summed E-state index contributed by atoms with van der Waals surface area (Å²) in [6.07, 6.45) is 4.29. The van der Waals surface area contributed by atoms with E-state index < -0.39 is 0 Å². The van der Waals surface area contributed by atoms with Gasteiger partial charge in [-0.2, -0.15) is 0 Å². The Hall–Kier alpha value is -2.52. The lowest BCUT2D eigenvalue weighted by Crippen LogP contribution is -2.21. The number of pyridine rings is 1. The third-order valence-electron chi connectivity index (χ3n) is 4.23. The first-order valence-corrected chi connectivity index (χ1v) is 8.21. The van der Waals surface area contributed by atoms with Crippen LogP contribution in [0.2, 0.25) is 0 Å². The second kappa shape index (κ2) is 7.84. The van der Waals surface area contributed by atoms with Gasteiger partial charge in [-0.25, -0.2) is 4.39 Å². The van der Waals surface area contributed by atoms with Crippen molar-refractivity contribution in [3.8, 4) is 11.1 Å². The summed E-state index contributed by atoms with van der Waals surface area (Å²) < 4.78 is 13.6. The van der Waals surface area contributed by atoms with Crippen LogP contribution in [0.15, 0.2) is 73.1 Å². The molecule has 1 N–H and O–H groups in total. The Morgan fingerprint density at radius 1 is 0.917 bits per heavy atom. The topological polar surface area (TPSA) is 24.9 Å². The van der Waals surface area contributed by atoms with Crippen LogP contribution in [0.25, 0.3) is 11.1 Å². The Morgan fingerprint density at radius 3 is 2.29 bits per heavy atom. The van der Waals surface area contributed by atoms with Gasteiger partial charge in [0.1, 0.15) is 5.82 Å². The van der Waals surface area contributed by atoms with E-state index in [0.29, 0.717) is 6.42 Å². The van der Waals surface area contributed by atoms with E-state index in [1.54, 1.807) is 18.5 Å². The van der Waals surface area contributed by atoms with Crippen molar-refractivity contribution in [2.24, 2.45) is 0 Å².